The quantitative estimate of drug-likeness (QED) is 0.897. The van der Waals surface area contributed by atoms with Gasteiger partial charge in [-0.25, -0.2) is 0 Å². The van der Waals surface area contributed by atoms with Crippen LogP contribution in [0.1, 0.15) is 11.1 Å². The number of hydrogen-bond acceptors (Lipinski definition) is 2. The first kappa shape index (κ1) is 12.6. The lowest BCUT2D eigenvalue weighted by molar-refractivity contribution is 0.357. The summed E-state index contributed by atoms with van der Waals surface area (Å²) >= 11 is 12.3. The van der Waals surface area contributed by atoms with Gasteiger partial charge in [-0.2, -0.15) is 0 Å². The Labute approximate surface area is 122 Å². The Balaban J connectivity index is 1.76. The molecule has 0 unspecified atom stereocenters. The summed E-state index contributed by atoms with van der Waals surface area (Å²) < 4.78 is 5.48. The van der Waals surface area contributed by atoms with Gasteiger partial charge in [-0.1, -0.05) is 29.3 Å². The van der Waals surface area contributed by atoms with Crippen molar-refractivity contribution in [2.45, 2.75) is 13.0 Å². The van der Waals surface area contributed by atoms with Crippen molar-refractivity contribution < 1.29 is 4.74 Å². The maximum absolute atomic E-state index is 6.15. The third-order valence-electron chi connectivity index (χ3n) is 3.22. The van der Waals surface area contributed by atoms with Gasteiger partial charge in [0, 0.05) is 34.3 Å². The van der Waals surface area contributed by atoms with Gasteiger partial charge in [-0.05, 0) is 35.9 Å². The molecule has 2 aromatic rings. The van der Waals surface area contributed by atoms with Gasteiger partial charge in [0.2, 0.25) is 0 Å². The summed E-state index contributed by atoms with van der Waals surface area (Å²) in [6.45, 7) is 1.38. The summed E-state index contributed by atoms with van der Waals surface area (Å²) in [7, 11) is 0. The Kier molecular flexibility index (Phi) is 3.54. The molecule has 1 heterocycles. The summed E-state index contributed by atoms with van der Waals surface area (Å²) in [6, 6.07) is 11.7. The van der Waals surface area contributed by atoms with Crippen LogP contribution in [0.25, 0.3) is 0 Å². The molecule has 19 heavy (non-hydrogen) atoms. The minimum atomic E-state index is 0.609. The largest absolute Gasteiger partial charge is 0.493 e. The summed E-state index contributed by atoms with van der Waals surface area (Å²) in [5, 5.41) is 4.72. The average molecular weight is 294 g/mol. The van der Waals surface area contributed by atoms with Gasteiger partial charge in [-0.3, -0.25) is 0 Å². The van der Waals surface area contributed by atoms with E-state index < -0.39 is 0 Å². The van der Waals surface area contributed by atoms with Crippen molar-refractivity contribution in [3.63, 3.8) is 0 Å². The average Bonchev–Trinajstić information content (AvgIpc) is 2.85. The summed E-state index contributed by atoms with van der Waals surface area (Å²) in [5.74, 6) is 0.987. The molecular weight excluding hydrogens is 281 g/mol. The molecule has 3 rings (SSSR count). The lowest BCUT2D eigenvalue weighted by Crippen LogP contribution is -2.01. The van der Waals surface area contributed by atoms with Gasteiger partial charge >= 0.3 is 0 Å². The van der Waals surface area contributed by atoms with E-state index in [4.69, 9.17) is 27.9 Å². The second kappa shape index (κ2) is 5.32. The maximum atomic E-state index is 6.15. The molecule has 0 fully saturated rings. The zero-order valence-electron chi connectivity index (χ0n) is 10.2. The second-order valence-corrected chi connectivity index (χ2v) is 5.29. The van der Waals surface area contributed by atoms with Crippen molar-refractivity contribution >= 4 is 28.9 Å². The van der Waals surface area contributed by atoms with E-state index in [1.807, 2.05) is 30.3 Å². The van der Waals surface area contributed by atoms with E-state index in [-0.39, 0.29) is 0 Å². The number of benzene rings is 2. The molecule has 2 aromatic carbocycles. The Morgan fingerprint density at radius 3 is 2.68 bits per heavy atom. The first-order chi connectivity index (χ1) is 9.24. The van der Waals surface area contributed by atoms with Gasteiger partial charge in [0.1, 0.15) is 5.75 Å². The van der Waals surface area contributed by atoms with Crippen LogP contribution in [0.15, 0.2) is 36.4 Å². The van der Waals surface area contributed by atoms with E-state index in [9.17, 15) is 0 Å². The smallest absolute Gasteiger partial charge is 0.122 e. The Morgan fingerprint density at radius 1 is 1.11 bits per heavy atom. The van der Waals surface area contributed by atoms with Gasteiger partial charge in [0.15, 0.2) is 0 Å². The number of nitrogens with one attached hydrogen (secondary N) is 1. The molecule has 0 bridgehead atoms. The van der Waals surface area contributed by atoms with E-state index in [2.05, 4.69) is 11.4 Å². The molecule has 0 radical (unpaired) electrons. The third-order valence-corrected chi connectivity index (χ3v) is 3.93. The predicted octanol–water partition coefficient (Wildman–Crippen LogP) is 4.54. The van der Waals surface area contributed by atoms with Crippen molar-refractivity contribution in [1.82, 2.24) is 0 Å². The summed E-state index contributed by atoms with van der Waals surface area (Å²) in [6.07, 6.45) is 0.970. The van der Waals surface area contributed by atoms with Crippen LogP contribution in [-0.4, -0.2) is 6.61 Å². The topological polar surface area (TPSA) is 21.3 Å². The molecule has 0 amide bonds. The number of halogens is 2. The molecule has 0 saturated carbocycles. The van der Waals surface area contributed by atoms with Crippen LogP contribution in [0.5, 0.6) is 5.75 Å². The number of hydrogen-bond donors (Lipinski definition) is 1. The fourth-order valence-electron chi connectivity index (χ4n) is 2.19. The van der Waals surface area contributed by atoms with Crippen LogP contribution in [0.4, 0.5) is 5.69 Å². The molecule has 1 aliphatic heterocycles. The second-order valence-electron chi connectivity index (χ2n) is 4.47. The highest BCUT2D eigenvalue weighted by Crippen LogP contribution is 2.29. The molecule has 0 aromatic heterocycles. The van der Waals surface area contributed by atoms with Crippen LogP contribution in [0.2, 0.25) is 10.0 Å². The first-order valence-electron chi connectivity index (χ1n) is 6.16. The third kappa shape index (κ3) is 2.65. The Bertz CT molecular complexity index is 593. The van der Waals surface area contributed by atoms with Crippen molar-refractivity contribution in [3.8, 4) is 5.75 Å². The molecule has 0 aliphatic carbocycles. The van der Waals surface area contributed by atoms with Gasteiger partial charge < -0.3 is 10.1 Å². The standard InChI is InChI=1S/C15H13Cl2NO/c16-13-2-1-3-14(17)12(13)9-18-11-4-5-15-10(8-11)6-7-19-15/h1-5,8,18H,6-7,9H2. The number of fused-ring (bicyclic) bond motifs is 1. The molecule has 0 spiro atoms. The van der Waals surface area contributed by atoms with Gasteiger partial charge in [0.05, 0.1) is 6.61 Å². The molecule has 0 saturated heterocycles. The van der Waals surface area contributed by atoms with E-state index >= 15 is 0 Å². The molecule has 1 aliphatic rings. The SMILES string of the molecule is Clc1cccc(Cl)c1CNc1ccc2c(c1)CCO2. The number of ether oxygens (including phenoxy) is 1. The van der Waals surface area contributed by atoms with Crippen LogP contribution in [0, 0.1) is 0 Å². The highest BCUT2D eigenvalue weighted by molar-refractivity contribution is 6.36. The molecular formula is C15H13Cl2NO. The zero-order chi connectivity index (χ0) is 13.2. The summed E-state index contributed by atoms with van der Waals surface area (Å²) in [4.78, 5) is 0. The van der Waals surface area contributed by atoms with Crippen LogP contribution in [-0.2, 0) is 13.0 Å². The van der Waals surface area contributed by atoms with E-state index in [1.165, 1.54) is 5.56 Å². The van der Waals surface area contributed by atoms with Gasteiger partial charge in [-0.15, -0.1) is 0 Å². The monoisotopic (exact) mass is 293 g/mol. The van der Waals surface area contributed by atoms with Crippen LogP contribution >= 0.6 is 23.2 Å². The number of rotatable bonds is 3. The van der Waals surface area contributed by atoms with E-state index in [0.29, 0.717) is 16.6 Å². The lowest BCUT2D eigenvalue weighted by atomic mass is 10.1. The zero-order valence-corrected chi connectivity index (χ0v) is 11.8. The minimum Gasteiger partial charge on any atom is -0.493 e. The molecule has 4 heteroatoms. The predicted molar refractivity (Wildman–Crippen MR) is 79.4 cm³/mol. The van der Waals surface area contributed by atoms with Crippen LogP contribution < -0.4 is 10.1 Å². The van der Waals surface area contributed by atoms with Crippen molar-refractivity contribution in [3.05, 3.63) is 57.6 Å². The molecule has 1 N–H and O–H groups in total. The van der Waals surface area contributed by atoms with Gasteiger partial charge in [0.25, 0.3) is 0 Å². The van der Waals surface area contributed by atoms with Crippen LogP contribution in [0.3, 0.4) is 0 Å². The van der Waals surface area contributed by atoms with E-state index in [0.717, 1.165) is 30.0 Å². The van der Waals surface area contributed by atoms with Crippen molar-refractivity contribution in [1.29, 1.82) is 0 Å². The lowest BCUT2D eigenvalue weighted by Gasteiger charge is -2.10. The normalized spacial score (nSPS) is 12.9. The first-order valence-corrected chi connectivity index (χ1v) is 6.92. The van der Waals surface area contributed by atoms with E-state index in [1.54, 1.807) is 0 Å². The fourth-order valence-corrected chi connectivity index (χ4v) is 2.72. The van der Waals surface area contributed by atoms with Crippen molar-refractivity contribution in [2.24, 2.45) is 0 Å². The molecule has 2 nitrogen and oxygen atoms in total. The summed E-state index contributed by atoms with van der Waals surface area (Å²) in [5.41, 5.74) is 3.22. The minimum absolute atomic E-state index is 0.609. The molecule has 0 atom stereocenters. The fraction of sp³-hybridized carbons (Fsp3) is 0.200. The van der Waals surface area contributed by atoms with Crippen molar-refractivity contribution in [2.75, 3.05) is 11.9 Å². The molecule has 98 valence electrons. The maximum Gasteiger partial charge on any atom is 0.122 e. The highest BCUT2D eigenvalue weighted by Gasteiger charge is 2.12. The number of anilines is 1. The Hall–Kier alpha value is -1.38. The highest BCUT2D eigenvalue weighted by atomic mass is 35.5. The Morgan fingerprint density at radius 2 is 1.89 bits per heavy atom.